The van der Waals surface area contributed by atoms with Gasteiger partial charge in [0, 0.05) is 12.8 Å². The maximum Gasteiger partial charge on any atom is 0.306 e. The summed E-state index contributed by atoms with van der Waals surface area (Å²) < 4.78 is 5.72. The number of carbonyl (C=O) groups is 2. The van der Waals surface area contributed by atoms with E-state index in [-0.39, 0.29) is 18.5 Å². The van der Waals surface area contributed by atoms with Gasteiger partial charge in [-0.3, -0.25) is 9.59 Å². The second-order valence-electron chi connectivity index (χ2n) is 8.17. The molecule has 1 unspecified atom stereocenters. The highest BCUT2D eigenvalue weighted by atomic mass is 16.5. The van der Waals surface area contributed by atoms with Gasteiger partial charge < -0.3 is 9.84 Å². The average molecular weight is 411 g/mol. The minimum atomic E-state index is -0.725. The maximum atomic E-state index is 12.1. The molecule has 170 valence electrons. The zero-order valence-electron chi connectivity index (χ0n) is 19.1. The van der Waals surface area contributed by atoms with E-state index in [9.17, 15) is 9.59 Å². The molecular formula is C25H46O4. The van der Waals surface area contributed by atoms with E-state index in [0.717, 1.165) is 51.4 Å². The van der Waals surface area contributed by atoms with Crippen molar-refractivity contribution < 1.29 is 19.4 Å². The number of allylic oxidation sites excluding steroid dienone is 1. The number of carbonyl (C=O) groups excluding carboxylic acids is 1. The van der Waals surface area contributed by atoms with Gasteiger partial charge in [0.15, 0.2) is 0 Å². The first-order chi connectivity index (χ1) is 14.1. The molecule has 0 heterocycles. The lowest BCUT2D eigenvalue weighted by atomic mass is 10.1. The van der Waals surface area contributed by atoms with Crippen molar-refractivity contribution in [2.24, 2.45) is 0 Å². The Balaban J connectivity index is 4.16. The van der Waals surface area contributed by atoms with Gasteiger partial charge in [-0.2, -0.15) is 0 Å². The Morgan fingerprint density at radius 2 is 1.31 bits per heavy atom. The average Bonchev–Trinajstić information content (AvgIpc) is 2.69. The van der Waals surface area contributed by atoms with Gasteiger partial charge in [-0.05, 0) is 44.6 Å². The van der Waals surface area contributed by atoms with Crippen LogP contribution in [0.5, 0.6) is 0 Å². The SMILES string of the molecule is CCCCCCCC/C=C\C(CCCCCCC(=O)O)OC(=O)CCCCCC. The summed E-state index contributed by atoms with van der Waals surface area (Å²) in [4.78, 5) is 22.7. The molecule has 4 heteroatoms. The molecule has 0 amide bonds. The molecule has 0 saturated carbocycles. The van der Waals surface area contributed by atoms with Crippen LogP contribution in [0.4, 0.5) is 0 Å². The summed E-state index contributed by atoms with van der Waals surface area (Å²) >= 11 is 0. The van der Waals surface area contributed by atoms with Gasteiger partial charge in [-0.1, -0.05) is 84.1 Å². The minimum absolute atomic E-state index is 0.0822. The van der Waals surface area contributed by atoms with Crippen LogP contribution in [0.2, 0.25) is 0 Å². The quantitative estimate of drug-likeness (QED) is 0.120. The van der Waals surface area contributed by atoms with Gasteiger partial charge in [0.05, 0.1) is 0 Å². The number of rotatable bonds is 21. The predicted octanol–water partition coefficient (Wildman–Crippen LogP) is 7.60. The van der Waals surface area contributed by atoms with Crippen molar-refractivity contribution >= 4 is 11.9 Å². The zero-order valence-corrected chi connectivity index (χ0v) is 19.1. The molecule has 29 heavy (non-hydrogen) atoms. The lowest BCUT2D eigenvalue weighted by molar-refractivity contribution is -0.147. The molecule has 0 aliphatic rings. The van der Waals surface area contributed by atoms with Gasteiger partial charge in [-0.25, -0.2) is 0 Å². The fourth-order valence-corrected chi connectivity index (χ4v) is 3.38. The Morgan fingerprint density at radius 1 is 0.759 bits per heavy atom. The molecule has 0 aromatic rings. The smallest absolute Gasteiger partial charge is 0.306 e. The third-order valence-electron chi connectivity index (χ3n) is 5.22. The van der Waals surface area contributed by atoms with Crippen molar-refractivity contribution in [3.05, 3.63) is 12.2 Å². The van der Waals surface area contributed by atoms with Crippen LogP contribution in [0.1, 0.15) is 129 Å². The van der Waals surface area contributed by atoms with E-state index >= 15 is 0 Å². The largest absolute Gasteiger partial charge is 0.481 e. The molecule has 0 saturated heterocycles. The third-order valence-corrected chi connectivity index (χ3v) is 5.22. The number of unbranched alkanes of at least 4 members (excludes halogenated alkanes) is 12. The highest BCUT2D eigenvalue weighted by Gasteiger charge is 2.11. The van der Waals surface area contributed by atoms with Gasteiger partial charge in [0.1, 0.15) is 6.10 Å². The Labute approximate surface area is 179 Å². The Bertz CT molecular complexity index is 417. The number of hydrogen-bond acceptors (Lipinski definition) is 3. The maximum absolute atomic E-state index is 12.1. The first-order valence-corrected chi connectivity index (χ1v) is 12.2. The number of ether oxygens (including phenoxy) is 1. The fraction of sp³-hybridized carbons (Fsp3) is 0.840. The standard InChI is InChI=1S/C25H46O4/c1-3-5-7-9-10-11-12-15-19-23(20-16-13-14-17-21-24(26)27)29-25(28)22-18-8-6-4-2/h15,19,23H,3-14,16-18,20-22H2,1-2H3,(H,26,27)/b19-15-. The first kappa shape index (κ1) is 27.7. The lowest BCUT2D eigenvalue weighted by Gasteiger charge is -2.14. The molecule has 1 N–H and O–H groups in total. The van der Waals surface area contributed by atoms with Crippen molar-refractivity contribution in [3.8, 4) is 0 Å². The highest BCUT2D eigenvalue weighted by Crippen LogP contribution is 2.14. The molecule has 0 aliphatic carbocycles. The van der Waals surface area contributed by atoms with E-state index < -0.39 is 5.97 Å². The predicted molar refractivity (Wildman–Crippen MR) is 121 cm³/mol. The highest BCUT2D eigenvalue weighted by molar-refractivity contribution is 5.69. The van der Waals surface area contributed by atoms with Crippen LogP contribution >= 0.6 is 0 Å². The molecule has 0 fully saturated rings. The Morgan fingerprint density at radius 3 is 2.00 bits per heavy atom. The molecule has 0 bridgehead atoms. The van der Waals surface area contributed by atoms with Crippen molar-refractivity contribution in [1.29, 1.82) is 0 Å². The molecule has 4 nitrogen and oxygen atoms in total. The van der Waals surface area contributed by atoms with Crippen LogP contribution in [0.3, 0.4) is 0 Å². The summed E-state index contributed by atoms with van der Waals surface area (Å²) in [5.74, 6) is -0.807. The van der Waals surface area contributed by atoms with Crippen LogP contribution in [0.25, 0.3) is 0 Å². The summed E-state index contributed by atoms with van der Waals surface area (Å²) in [5, 5.41) is 8.70. The molecule has 0 rings (SSSR count). The molecule has 0 spiro atoms. The van der Waals surface area contributed by atoms with Gasteiger partial charge >= 0.3 is 11.9 Å². The zero-order chi connectivity index (χ0) is 21.6. The number of esters is 1. The number of carboxylic acids is 1. The second-order valence-corrected chi connectivity index (χ2v) is 8.17. The molecular weight excluding hydrogens is 364 g/mol. The molecule has 0 radical (unpaired) electrons. The minimum Gasteiger partial charge on any atom is -0.481 e. The third kappa shape index (κ3) is 21.2. The van der Waals surface area contributed by atoms with E-state index in [1.807, 2.05) is 0 Å². The van der Waals surface area contributed by atoms with Crippen molar-refractivity contribution in [3.63, 3.8) is 0 Å². The van der Waals surface area contributed by atoms with Gasteiger partial charge in [0.2, 0.25) is 0 Å². The summed E-state index contributed by atoms with van der Waals surface area (Å²) in [5.41, 5.74) is 0. The summed E-state index contributed by atoms with van der Waals surface area (Å²) in [6, 6.07) is 0. The number of carboxylic acid groups (broad SMARTS) is 1. The van der Waals surface area contributed by atoms with E-state index in [4.69, 9.17) is 9.84 Å². The van der Waals surface area contributed by atoms with Crippen LogP contribution in [0.15, 0.2) is 12.2 Å². The fourth-order valence-electron chi connectivity index (χ4n) is 3.38. The summed E-state index contributed by atoms with van der Waals surface area (Å²) in [6.07, 6.45) is 22.5. The topological polar surface area (TPSA) is 63.6 Å². The van der Waals surface area contributed by atoms with Crippen LogP contribution in [0, 0.1) is 0 Å². The monoisotopic (exact) mass is 410 g/mol. The lowest BCUT2D eigenvalue weighted by Crippen LogP contribution is -2.16. The van der Waals surface area contributed by atoms with Crippen molar-refractivity contribution in [2.75, 3.05) is 0 Å². The van der Waals surface area contributed by atoms with Crippen LogP contribution in [-0.2, 0) is 14.3 Å². The molecule has 0 aromatic heterocycles. The molecule has 1 atom stereocenters. The van der Waals surface area contributed by atoms with Crippen molar-refractivity contribution in [1.82, 2.24) is 0 Å². The van der Waals surface area contributed by atoms with E-state index in [0.29, 0.717) is 6.42 Å². The normalized spacial score (nSPS) is 12.3. The van der Waals surface area contributed by atoms with Crippen molar-refractivity contribution in [2.45, 2.75) is 136 Å². The summed E-state index contributed by atoms with van der Waals surface area (Å²) in [6.45, 7) is 4.40. The second kappa shape index (κ2) is 21.4. The van der Waals surface area contributed by atoms with Gasteiger partial charge in [-0.15, -0.1) is 0 Å². The first-order valence-electron chi connectivity index (χ1n) is 12.2. The Hall–Kier alpha value is -1.32. The van der Waals surface area contributed by atoms with Crippen LogP contribution in [-0.4, -0.2) is 23.1 Å². The van der Waals surface area contributed by atoms with E-state index in [1.165, 1.54) is 51.4 Å². The molecule has 0 aromatic carbocycles. The van der Waals surface area contributed by atoms with E-state index in [2.05, 4.69) is 26.0 Å². The number of aliphatic carboxylic acids is 1. The van der Waals surface area contributed by atoms with Crippen LogP contribution < -0.4 is 0 Å². The summed E-state index contributed by atoms with van der Waals surface area (Å²) in [7, 11) is 0. The number of hydrogen-bond donors (Lipinski definition) is 1. The van der Waals surface area contributed by atoms with E-state index in [1.54, 1.807) is 0 Å². The Kier molecular flexibility index (Phi) is 20.4. The molecule has 0 aliphatic heterocycles. The van der Waals surface area contributed by atoms with Gasteiger partial charge in [0.25, 0.3) is 0 Å².